The molecule has 0 aliphatic carbocycles. The Hall–Kier alpha value is -1.51. The highest BCUT2D eigenvalue weighted by molar-refractivity contribution is 5.80. The Morgan fingerprint density at radius 2 is 2.00 bits per heavy atom. The predicted octanol–water partition coefficient (Wildman–Crippen LogP) is 1.93. The summed E-state index contributed by atoms with van der Waals surface area (Å²) in [4.78, 5) is 13.6. The number of nitrogen functional groups attached to an aromatic ring is 1. The van der Waals surface area contributed by atoms with Crippen molar-refractivity contribution in [3.05, 3.63) is 29.8 Å². The maximum Gasteiger partial charge on any atom is 0.226 e. The van der Waals surface area contributed by atoms with Gasteiger partial charge in [-0.1, -0.05) is 32.0 Å². The third-order valence-corrected chi connectivity index (χ3v) is 2.46. The molecule has 0 aliphatic heterocycles. The summed E-state index contributed by atoms with van der Waals surface area (Å²) in [6.45, 7) is 4.98. The molecule has 1 amide bonds. The van der Waals surface area contributed by atoms with Gasteiger partial charge in [-0.3, -0.25) is 4.79 Å². The van der Waals surface area contributed by atoms with Gasteiger partial charge >= 0.3 is 0 Å². The van der Waals surface area contributed by atoms with E-state index < -0.39 is 0 Å². The van der Waals surface area contributed by atoms with E-state index in [0.29, 0.717) is 18.0 Å². The summed E-state index contributed by atoms with van der Waals surface area (Å²) in [5, 5.41) is 0. The zero-order valence-electron chi connectivity index (χ0n) is 10.2. The molecule has 0 aliphatic rings. The lowest BCUT2D eigenvalue weighted by Gasteiger charge is -2.19. The van der Waals surface area contributed by atoms with Crippen LogP contribution in [0, 0.1) is 5.92 Å². The lowest BCUT2D eigenvalue weighted by atomic mass is 10.1. The lowest BCUT2D eigenvalue weighted by molar-refractivity contribution is -0.129. The van der Waals surface area contributed by atoms with E-state index in [1.807, 2.05) is 31.3 Å². The Bertz CT molecular complexity index is 361. The average Bonchev–Trinajstić information content (AvgIpc) is 2.20. The van der Waals surface area contributed by atoms with E-state index in [1.165, 1.54) is 0 Å². The van der Waals surface area contributed by atoms with E-state index in [0.717, 1.165) is 12.1 Å². The first kappa shape index (κ1) is 12.6. The number of carbonyl (C=O) groups excluding carboxylic acids is 1. The van der Waals surface area contributed by atoms with Crippen LogP contribution in [0.3, 0.4) is 0 Å². The fourth-order valence-corrected chi connectivity index (χ4v) is 1.64. The first-order valence-corrected chi connectivity index (χ1v) is 5.58. The van der Waals surface area contributed by atoms with E-state index >= 15 is 0 Å². The Labute approximate surface area is 97.2 Å². The van der Waals surface area contributed by atoms with Crippen molar-refractivity contribution in [2.75, 3.05) is 19.3 Å². The molecule has 2 N–H and O–H groups in total. The number of rotatable bonds is 4. The molecule has 0 heterocycles. The van der Waals surface area contributed by atoms with Gasteiger partial charge in [-0.05, 0) is 17.5 Å². The number of benzene rings is 1. The second-order valence-corrected chi connectivity index (χ2v) is 4.54. The molecule has 0 atom stereocenters. The molecule has 0 radical (unpaired) electrons. The topological polar surface area (TPSA) is 46.3 Å². The highest BCUT2D eigenvalue weighted by Gasteiger charge is 2.11. The summed E-state index contributed by atoms with van der Waals surface area (Å²) in [5.74, 6) is 0.605. The number of para-hydroxylation sites is 1. The Morgan fingerprint density at radius 3 is 2.56 bits per heavy atom. The smallest absolute Gasteiger partial charge is 0.226 e. The minimum Gasteiger partial charge on any atom is -0.398 e. The number of amides is 1. The molecule has 1 rings (SSSR count). The molecule has 0 unspecified atom stereocenters. The van der Waals surface area contributed by atoms with Gasteiger partial charge in [0.15, 0.2) is 0 Å². The third kappa shape index (κ3) is 3.57. The van der Waals surface area contributed by atoms with Crippen LogP contribution in [0.5, 0.6) is 0 Å². The van der Waals surface area contributed by atoms with Gasteiger partial charge in [0.1, 0.15) is 0 Å². The number of likely N-dealkylation sites (N-methyl/N-ethyl adjacent to an activating group) is 1. The number of nitrogens with two attached hydrogens (primary N) is 1. The van der Waals surface area contributed by atoms with Gasteiger partial charge in [0.25, 0.3) is 0 Å². The number of hydrogen-bond donors (Lipinski definition) is 1. The van der Waals surface area contributed by atoms with Crippen LogP contribution in [0.15, 0.2) is 24.3 Å². The van der Waals surface area contributed by atoms with Crippen LogP contribution in [0.4, 0.5) is 5.69 Å². The maximum atomic E-state index is 11.9. The SMILES string of the molecule is CC(C)CN(C)C(=O)Cc1ccccc1N. The van der Waals surface area contributed by atoms with Crippen LogP contribution >= 0.6 is 0 Å². The molecule has 16 heavy (non-hydrogen) atoms. The van der Waals surface area contributed by atoms with Gasteiger partial charge in [-0.15, -0.1) is 0 Å². The molecule has 3 heteroatoms. The van der Waals surface area contributed by atoms with E-state index in [9.17, 15) is 4.79 Å². The van der Waals surface area contributed by atoms with E-state index in [2.05, 4.69) is 13.8 Å². The number of hydrogen-bond acceptors (Lipinski definition) is 2. The van der Waals surface area contributed by atoms with Crippen LogP contribution < -0.4 is 5.73 Å². The summed E-state index contributed by atoms with van der Waals surface area (Å²) < 4.78 is 0. The molecule has 1 aromatic carbocycles. The van der Waals surface area contributed by atoms with Crippen molar-refractivity contribution < 1.29 is 4.79 Å². The molecule has 0 fully saturated rings. The largest absolute Gasteiger partial charge is 0.398 e. The molecule has 3 nitrogen and oxygen atoms in total. The average molecular weight is 220 g/mol. The Balaban J connectivity index is 2.61. The Morgan fingerprint density at radius 1 is 1.38 bits per heavy atom. The second kappa shape index (κ2) is 5.54. The summed E-state index contributed by atoms with van der Waals surface area (Å²) in [5.41, 5.74) is 7.39. The van der Waals surface area contributed by atoms with Crippen molar-refractivity contribution in [1.29, 1.82) is 0 Å². The molecule has 0 bridgehead atoms. The highest BCUT2D eigenvalue weighted by atomic mass is 16.2. The quantitative estimate of drug-likeness (QED) is 0.788. The van der Waals surface area contributed by atoms with Crippen molar-refractivity contribution in [3.8, 4) is 0 Å². The zero-order valence-corrected chi connectivity index (χ0v) is 10.2. The van der Waals surface area contributed by atoms with Crippen molar-refractivity contribution in [2.45, 2.75) is 20.3 Å². The molecule has 0 aromatic heterocycles. The summed E-state index contributed by atoms with van der Waals surface area (Å²) in [7, 11) is 1.83. The molecule has 88 valence electrons. The van der Waals surface area contributed by atoms with Crippen LogP contribution in [-0.2, 0) is 11.2 Å². The molecular formula is C13H20N2O. The summed E-state index contributed by atoms with van der Waals surface area (Å²) in [6, 6.07) is 7.50. The third-order valence-electron chi connectivity index (χ3n) is 2.46. The highest BCUT2D eigenvalue weighted by Crippen LogP contribution is 2.12. The van der Waals surface area contributed by atoms with Crippen LogP contribution in [0.2, 0.25) is 0 Å². The normalized spacial score (nSPS) is 10.5. The molecular weight excluding hydrogens is 200 g/mol. The van der Waals surface area contributed by atoms with E-state index in [4.69, 9.17) is 5.73 Å². The first-order valence-electron chi connectivity index (χ1n) is 5.58. The monoisotopic (exact) mass is 220 g/mol. The first-order chi connectivity index (χ1) is 7.50. The fourth-order valence-electron chi connectivity index (χ4n) is 1.64. The zero-order chi connectivity index (χ0) is 12.1. The van der Waals surface area contributed by atoms with E-state index in [1.54, 1.807) is 4.90 Å². The summed E-state index contributed by atoms with van der Waals surface area (Å²) in [6.07, 6.45) is 0.385. The minimum absolute atomic E-state index is 0.117. The van der Waals surface area contributed by atoms with Crippen molar-refractivity contribution >= 4 is 11.6 Å². The maximum absolute atomic E-state index is 11.9. The predicted molar refractivity (Wildman–Crippen MR) is 67.0 cm³/mol. The number of carbonyl (C=O) groups is 1. The molecule has 1 aromatic rings. The van der Waals surface area contributed by atoms with Crippen LogP contribution in [-0.4, -0.2) is 24.4 Å². The molecule has 0 saturated heterocycles. The minimum atomic E-state index is 0.117. The number of anilines is 1. The lowest BCUT2D eigenvalue weighted by Crippen LogP contribution is -2.31. The van der Waals surface area contributed by atoms with E-state index in [-0.39, 0.29) is 5.91 Å². The van der Waals surface area contributed by atoms with Crippen molar-refractivity contribution in [3.63, 3.8) is 0 Å². The van der Waals surface area contributed by atoms with Crippen molar-refractivity contribution in [1.82, 2.24) is 4.90 Å². The van der Waals surface area contributed by atoms with Gasteiger partial charge < -0.3 is 10.6 Å². The van der Waals surface area contributed by atoms with Crippen LogP contribution in [0.1, 0.15) is 19.4 Å². The standard InChI is InChI=1S/C13H20N2O/c1-10(2)9-15(3)13(16)8-11-6-4-5-7-12(11)14/h4-7,10H,8-9,14H2,1-3H3. The van der Waals surface area contributed by atoms with Gasteiger partial charge in [0.2, 0.25) is 5.91 Å². The van der Waals surface area contributed by atoms with Gasteiger partial charge in [-0.2, -0.15) is 0 Å². The van der Waals surface area contributed by atoms with Gasteiger partial charge in [0, 0.05) is 19.3 Å². The number of nitrogens with zero attached hydrogens (tertiary/aromatic N) is 1. The van der Waals surface area contributed by atoms with Gasteiger partial charge in [-0.25, -0.2) is 0 Å². The van der Waals surface area contributed by atoms with Gasteiger partial charge in [0.05, 0.1) is 6.42 Å². The van der Waals surface area contributed by atoms with Crippen LogP contribution in [0.25, 0.3) is 0 Å². The molecule has 0 saturated carbocycles. The molecule has 0 spiro atoms. The Kier molecular flexibility index (Phi) is 4.35. The fraction of sp³-hybridized carbons (Fsp3) is 0.462. The van der Waals surface area contributed by atoms with Crippen molar-refractivity contribution in [2.24, 2.45) is 5.92 Å². The summed E-state index contributed by atoms with van der Waals surface area (Å²) >= 11 is 0. The second-order valence-electron chi connectivity index (χ2n) is 4.54.